The first-order valence-corrected chi connectivity index (χ1v) is 10.5. The molecule has 2 rings (SSSR count). The minimum Gasteiger partial charge on any atom is -0.379 e. The standard InChI is InChI=1S/C20H25FN2O4S/c1-4-15(3)23(20(24)22-5-2)14-16-6-10-18(11-7-16)27-28(25,26)19-12-8-17(21)9-13-19/h6-13,15H,4-5,14H2,1-3H3,(H,22,24)/t15-/m1/s1. The van der Waals surface area contributed by atoms with Crippen LogP contribution >= 0.6 is 0 Å². The zero-order chi connectivity index (χ0) is 20.7. The quantitative estimate of drug-likeness (QED) is 0.672. The van der Waals surface area contributed by atoms with Gasteiger partial charge in [0.25, 0.3) is 0 Å². The maximum atomic E-state index is 13.0. The van der Waals surface area contributed by atoms with Gasteiger partial charge in [0.2, 0.25) is 0 Å². The highest BCUT2D eigenvalue weighted by molar-refractivity contribution is 7.87. The number of carbonyl (C=O) groups is 1. The topological polar surface area (TPSA) is 75.7 Å². The largest absolute Gasteiger partial charge is 0.379 e. The number of urea groups is 1. The molecule has 0 aliphatic heterocycles. The highest BCUT2D eigenvalue weighted by Gasteiger charge is 2.19. The number of carbonyl (C=O) groups excluding carboxylic acids is 1. The molecular weight excluding hydrogens is 383 g/mol. The van der Waals surface area contributed by atoms with Crippen molar-refractivity contribution in [3.05, 3.63) is 59.9 Å². The molecule has 2 amide bonds. The average Bonchev–Trinajstić information content (AvgIpc) is 2.67. The van der Waals surface area contributed by atoms with E-state index in [2.05, 4.69) is 5.32 Å². The van der Waals surface area contributed by atoms with Gasteiger partial charge in [0.05, 0.1) is 0 Å². The zero-order valence-electron chi connectivity index (χ0n) is 16.2. The van der Waals surface area contributed by atoms with E-state index in [9.17, 15) is 17.6 Å². The molecule has 0 fully saturated rings. The molecule has 0 saturated heterocycles. The van der Waals surface area contributed by atoms with Crippen molar-refractivity contribution in [3.8, 4) is 5.75 Å². The van der Waals surface area contributed by atoms with Crippen LogP contribution in [0.15, 0.2) is 53.4 Å². The molecule has 0 aliphatic rings. The minimum absolute atomic E-state index is 0.0568. The molecule has 0 spiro atoms. The molecule has 2 aromatic carbocycles. The smallest absolute Gasteiger partial charge is 0.339 e. The van der Waals surface area contributed by atoms with Crippen molar-refractivity contribution in [2.75, 3.05) is 6.54 Å². The lowest BCUT2D eigenvalue weighted by atomic mass is 10.1. The number of nitrogens with one attached hydrogen (secondary N) is 1. The molecule has 1 N–H and O–H groups in total. The van der Waals surface area contributed by atoms with Gasteiger partial charge in [-0.05, 0) is 62.2 Å². The summed E-state index contributed by atoms with van der Waals surface area (Å²) < 4.78 is 42.6. The van der Waals surface area contributed by atoms with E-state index in [0.29, 0.717) is 13.1 Å². The van der Waals surface area contributed by atoms with Gasteiger partial charge in [-0.25, -0.2) is 9.18 Å². The van der Waals surface area contributed by atoms with Gasteiger partial charge in [-0.2, -0.15) is 8.42 Å². The Labute approximate surface area is 165 Å². The Morgan fingerprint density at radius 1 is 1.11 bits per heavy atom. The van der Waals surface area contributed by atoms with Crippen LogP contribution in [0.25, 0.3) is 0 Å². The fourth-order valence-electron chi connectivity index (χ4n) is 2.52. The Morgan fingerprint density at radius 2 is 1.71 bits per heavy atom. The van der Waals surface area contributed by atoms with Crippen LogP contribution in [0.1, 0.15) is 32.8 Å². The van der Waals surface area contributed by atoms with Crippen LogP contribution in [-0.2, 0) is 16.7 Å². The van der Waals surface area contributed by atoms with Crippen molar-refractivity contribution >= 4 is 16.1 Å². The summed E-state index contributed by atoms with van der Waals surface area (Å²) in [5, 5.41) is 2.80. The SMILES string of the molecule is CCNC(=O)N(Cc1ccc(OS(=O)(=O)c2ccc(F)cc2)cc1)[C@H](C)CC. The van der Waals surface area contributed by atoms with Crippen molar-refractivity contribution in [1.29, 1.82) is 0 Å². The summed E-state index contributed by atoms with van der Waals surface area (Å²) in [7, 11) is -4.05. The first-order chi connectivity index (χ1) is 13.3. The van der Waals surface area contributed by atoms with Gasteiger partial charge < -0.3 is 14.4 Å². The average molecular weight is 408 g/mol. The summed E-state index contributed by atoms with van der Waals surface area (Å²) in [6, 6.07) is 10.8. The molecule has 2 aromatic rings. The first kappa shape index (κ1) is 21.7. The van der Waals surface area contributed by atoms with Crippen LogP contribution in [0.4, 0.5) is 9.18 Å². The third kappa shape index (κ3) is 5.69. The molecule has 0 radical (unpaired) electrons. The number of nitrogens with zero attached hydrogens (tertiary/aromatic N) is 1. The van der Waals surface area contributed by atoms with E-state index in [1.54, 1.807) is 17.0 Å². The fraction of sp³-hybridized carbons (Fsp3) is 0.350. The molecule has 0 aromatic heterocycles. The van der Waals surface area contributed by atoms with Gasteiger partial charge in [-0.15, -0.1) is 0 Å². The molecule has 6 nitrogen and oxygen atoms in total. The minimum atomic E-state index is -4.05. The van der Waals surface area contributed by atoms with Crippen LogP contribution in [0.2, 0.25) is 0 Å². The Kier molecular flexibility index (Phi) is 7.39. The van der Waals surface area contributed by atoms with Gasteiger partial charge >= 0.3 is 16.1 Å². The zero-order valence-corrected chi connectivity index (χ0v) is 17.0. The van der Waals surface area contributed by atoms with Gasteiger partial charge in [0, 0.05) is 19.1 Å². The van der Waals surface area contributed by atoms with E-state index in [4.69, 9.17) is 4.18 Å². The molecule has 8 heteroatoms. The van der Waals surface area contributed by atoms with E-state index < -0.39 is 15.9 Å². The van der Waals surface area contributed by atoms with Gasteiger partial charge in [-0.3, -0.25) is 0 Å². The second-order valence-electron chi connectivity index (χ2n) is 6.36. The highest BCUT2D eigenvalue weighted by Crippen LogP contribution is 2.20. The lowest BCUT2D eigenvalue weighted by Crippen LogP contribution is -2.44. The van der Waals surface area contributed by atoms with Gasteiger partial charge in [0.15, 0.2) is 0 Å². The molecule has 0 heterocycles. The molecule has 1 atom stereocenters. The normalized spacial score (nSPS) is 12.3. The molecule has 0 unspecified atom stereocenters. The van der Waals surface area contributed by atoms with E-state index in [1.165, 1.54) is 12.1 Å². The summed E-state index contributed by atoms with van der Waals surface area (Å²) in [6.45, 7) is 6.78. The summed E-state index contributed by atoms with van der Waals surface area (Å²) in [5.74, 6) is -0.387. The number of hydrogen-bond donors (Lipinski definition) is 1. The lowest BCUT2D eigenvalue weighted by Gasteiger charge is -2.28. The summed E-state index contributed by atoms with van der Waals surface area (Å²) in [4.78, 5) is 13.9. The second kappa shape index (κ2) is 9.54. The van der Waals surface area contributed by atoms with Crippen LogP contribution in [0.3, 0.4) is 0 Å². The monoisotopic (exact) mass is 408 g/mol. The number of halogens is 1. The second-order valence-corrected chi connectivity index (χ2v) is 7.90. The van der Waals surface area contributed by atoms with E-state index >= 15 is 0 Å². The van der Waals surface area contributed by atoms with Crippen molar-refractivity contribution in [2.24, 2.45) is 0 Å². The van der Waals surface area contributed by atoms with E-state index in [0.717, 1.165) is 36.2 Å². The first-order valence-electron chi connectivity index (χ1n) is 9.10. The fourth-order valence-corrected chi connectivity index (χ4v) is 3.45. The highest BCUT2D eigenvalue weighted by atomic mass is 32.2. The number of benzene rings is 2. The molecular formula is C20H25FN2O4S. The number of rotatable bonds is 8. The molecule has 0 bridgehead atoms. The summed E-state index contributed by atoms with van der Waals surface area (Å²) in [5.41, 5.74) is 0.845. The van der Waals surface area contributed by atoms with Crippen molar-refractivity contribution < 1.29 is 21.8 Å². The van der Waals surface area contributed by atoms with Crippen LogP contribution in [0, 0.1) is 5.82 Å². The number of hydrogen-bond acceptors (Lipinski definition) is 4. The van der Waals surface area contributed by atoms with Gasteiger partial charge in [-0.1, -0.05) is 19.1 Å². The predicted molar refractivity (Wildman–Crippen MR) is 105 cm³/mol. The Balaban J connectivity index is 2.11. The Morgan fingerprint density at radius 3 is 2.25 bits per heavy atom. The van der Waals surface area contributed by atoms with Gasteiger partial charge in [0.1, 0.15) is 16.5 Å². The Bertz CT molecular complexity index is 883. The molecule has 0 aliphatic carbocycles. The lowest BCUT2D eigenvalue weighted by molar-refractivity contribution is 0.174. The Hall–Kier alpha value is -2.61. The maximum Gasteiger partial charge on any atom is 0.339 e. The van der Waals surface area contributed by atoms with E-state index in [1.807, 2.05) is 20.8 Å². The summed E-state index contributed by atoms with van der Waals surface area (Å²) in [6.07, 6.45) is 0.814. The van der Waals surface area contributed by atoms with E-state index in [-0.39, 0.29) is 22.7 Å². The number of amides is 2. The predicted octanol–water partition coefficient (Wildman–Crippen LogP) is 3.92. The van der Waals surface area contributed by atoms with Crippen molar-refractivity contribution in [3.63, 3.8) is 0 Å². The molecule has 152 valence electrons. The van der Waals surface area contributed by atoms with Crippen molar-refractivity contribution in [2.45, 2.75) is 44.7 Å². The third-order valence-corrected chi connectivity index (χ3v) is 5.56. The molecule has 0 saturated carbocycles. The summed E-state index contributed by atoms with van der Waals surface area (Å²) >= 11 is 0. The van der Waals surface area contributed by atoms with Crippen LogP contribution < -0.4 is 9.50 Å². The molecule has 28 heavy (non-hydrogen) atoms. The third-order valence-electron chi connectivity index (χ3n) is 4.30. The maximum absolute atomic E-state index is 13.0. The van der Waals surface area contributed by atoms with Crippen LogP contribution in [-0.4, -0.2) is 31.9 Å². The van der Waals surface area contributed by atoms with Crippen LogP contribution in [0.5, 0.6) is 5.75 Å². The van der Waals surface area contributed by atoms with Crippen molar-refractivity contribution in [1.82, 2.24) is 10.2 Å².